The summed E-state index contributed by atoms with van der Waals surface area (Å²) in [7, 11) is 2.07. The van der Waals surface area contributed by atoms with Crippen molar-refractivity contribution in [2.45, 2.75) is 39.2 Å². The molecule has 0 spiro atoms. The summed E-state index contributed by atoms with van der Waals surface area (Å²) in [6.45, 7) is 7.76. The third kappa shape index (κ3) is 8.48. The van der Waals surface area contributed by atoms with Crippen LogP contribution in [0.1, 0.15) is 33.1 Å². The van der Waals surface area contributed by atoms with E-state index in [1.165, 1.54) is 19.3 Å². The maximum absolute atomic E-state index is 9.60. The van der Waals surface area contributed by atoms with Gasteiger partial charge >= 0.3 is 0 Å². The summed E-state index contributed by atoms with van der Waals surface area (Å²) in [4.78, 5) is 2.21. The molecule has 0 aromatic rings. The van der Waals surface area contributed by atoms with E-state index in [1.807, 2.05) is 0 Å². The van der Waals surface area contributed by atoms with Crippen molar-refractivity contribution in [3.63, 3.8) is 0 Å². The van der Waals surface area contributed by atoms with Gasteiger partial charge in [-0.05, 0) is 26.6 Å². The molecule has 0 aliphatic heterocycles. The van der Waals surface area contributed by atoms with E-state index in [0.717, 1.165) is 19.6 Å². The van der Waals surface area contributed by atoms with Crippen molar-refractivity contribution in [2.75, 3.05) is 33.2 Å². The molecule has 0 rings (SSSR count). The SMILES string of the molecule is CCCCCN(C)CC(O)CNCC. The maximum Gasteiger partial charge on any atom is 0.0791 e. The number of nitrogens with one attached hydrogen (secondary N) is 1. The zero-order valence-corrected chi connectivity index (χ0v) is 9.92. The molecular weight excluding hydrogens is 176 g/mol. The molecule has 3 nitrogen and oxygen atoms in total. The molecule has 0 heterocycles. The van der Waals surface area contributed by atoms with Crippen molar-refractivity contribution in [2.24, 2.45) is 0 Å². The van der Waals surface area contributed by atoms with Crippen LogP contribution in [0.5, 0.6) is 0 Å². The molecule has 14 heavy (non-hydrogen) atoms. The molecular formula is C11H26N2O. The van der Waals surface area contributed by atoms with E-state index < -0.39 is 0 Å². The monoisotopic (exact) mass is 202 g/mol. The van der Waals surface area contributed by atoms with Crippen molar-refractivity contribution in [1.29, 1.82) is 0 Å². The number of aliphatic hydroxyl groups excluding tert-OH is 1. The minimum atomic E-state index is -0.235. The summed E-state index contributed by atoms with van der Waals surface area (Å²) >= 11 is 0. The van der Waals surface area contributed by atoms with Crippen LogP contribution < -0.4 is 5.32 Å². The van der Waals surface area contributed by atoms with Gasteiger partial charge in [-0.1, -0.05) is 26.7 Å². The largest absolute Gasteiger partial charge is 0.390 e. The minimum absolute atomic E-state index is 0.235. The molecule has 2 N–H and O–H groups in total. The van der Waals surface area contributed by atoms with Gasteiger partial charge in [0.25, 0.3) is 0 Å². The zero-order valence-electron chi connectivity index (χ0n) is 9.92. The molecule has 0 amide bonds. The predicted octanol–water partition coefficient (Wildman–Crippen LogP) is 1.08. The van der Waals surface area contributed by atoms with E-state index in [9.17, 15) is 5.11 Å². The average Bonchev–Trinajstić information content (AvgIpc) is 2.15. The van der Waals surface area contributed by atoms with E-state index in [-0.39, 0.29) is 6.10 Å². The normalized spacial score (nSPS) is 13.5. The smallest absolute Gasteiger partial charge is 0.0791 e. The standard InChI is InChI=1S/C11H26N2O/c1-4-6-7-8-13(3)10-11(14)9-12-5-2/h11-12,14H,4-10H2,1-3H3. The molecule has 0 radical (unpaired) electrons. The van der Waals surface area contributed by atoms with Gasteiger partial charge < -0.3 is 15.3 Å². The van der Waals surface area contributed by atoms with Crippen molar-refractivity contribution in [3.05, 3.63) is 0 Å². The lowest BCUT2D eigenvalue weighted by molar-refractivity contribution is 0.124. The highest BCUT2D eigenvalue weighted by molar-refractivity contribution is 4.63. The lowest BCUT2D eigenvalue weighted by Gasteiger charge is -2.20. The van der Waals surface area contributed by atoms with Crippen LogP contribution in [0.4, 0.5) is 0 Å². The van der Waals surface area contributed by atoms with E-state index >= 15 is 0 Å². The first-order valence-electron chi connectivity index (χ1n) is 5.78. The lowest BCUT2D eigenvalue weighted by atomic mass is 10.2. The van der Waals surface area contributed by atoms with Gasteiger partial charge in [-0.25, -0.2) is 0 Å². The Bertz CT molecular complexity index is 120. The quantitative estimate of drug-likeness (QED) is 0.549. The van der Waals surface area contributed by atoms with Crippen LogP contribution >= 0.6 is 0 Å². The van der Waals surface area contributed by atoms with Gasteiger partial charge in [0, 0.05) is 13.1 Å². The van der Waals surface area contributed by atoms with Crippen LogP contribution in [0.15, 0.2) is 0 Å². The Hall–Kier alpha value is -0.120. The van der Waals surface area contributed by atoms with Crippen LogP contribution in [0.3, 0.4) is 0 Å². The third-order valence-electron chi connectivity index (χ3n) is 2.30. The molecule has 0 aliphatic carbocycles. The van der Waals surface area contributed by atoms with Crippen LogP contribution in [0, 0.1) is 0 Å². The number of hydrogen-bond donors (Lipinski definition) is 2. The number of nitrogens with zero attached hydrogens (tertiary/aromatic N) is 1. The molecule has 0 saturated carbocycles. The van der Waals surface area contributed by atoms with Gasteiger partial charge in [0.05, 0.1) is 6.10 Å². The van der Waals surface area contributed by atoms with Crippen molar-refractivity contribution in [1.82, 2.24) is 10.2 Å². The van der Waals surface area contributed by atoms with Crippen molar-refractivity contribution < 1.29 is 5.11 Å². The summed E-state index contributed by atoms with van der Waals surface area (Å²) < 4.78 is 0. The van der Waals surface area contributed by atoms with Gasteiger partial charge in [-0.15, -0.1) is 0 Å². The van der Waals surface area contributed by atoms with Gasteiger partial charge in [-0.2, -0.15) is 0 Å². The first-order chi connectivity index (χ1) is 6.70. The molecule has 0 aromatic carbocycles. The summed E-state index contributed by atoms with van der Waals surface area (Å²) in [5.41, 5.74) is 0. The average molecular weight is 202 g/mol. The second-order valence-corrected chi connectivity index (χ2v) is 3.93. The Morgan fingerprint density at radius 1 is 1.29 bits per heavy atom. The summed E-state index contributed by atoms with van der Waals surface area (Å²) in [5, 5.41) is 12.7. The molecule has 1 atom stereocenters. The van der Waals surface area contributed by atoms with E-state index in [0.29, 0.717) is 6.54 Å². The Morgan fingerprint density at radius 2 is 2.00 bits per heavy atom. The molecule has 86 valence electrons. The Morgan fingerprint density at radius 3 is 2.57 bits per heavy atom. The number of likely N-dealkylation sites (N-methyl/N-ethyl adjacent to an activating group) is 2. The number of rotatable bonds is 9. The highest BCUT2D eigenvalue weighted by Gasteiger charge is 2.06. The molecule has 1 unspecified atom stereocenters. The predicted molar refractivity (Wildman–Crippen MR) is 61.6 cm³/mol. The van der Waals surface area contributed by atoms with Gasteiger partial charge in [0.15, 0.2) is 0 Å². The number of unbranched alkanes of at least 4 members (excludes halogenated alkanes) is 2. The minimum Gasteiger partial charge on any atom is -0.390 e. The van der Waals surface area contributed by atoms with Crippen molar-refractivity contribution >= 4 is 0 Å². The van der Waals surface area contributed by atoms with Gasteiger partial charge in [0.1, 0.15) is 0 Å². The Balaban J connectivity index is 3.35. The van der Waals surface area contributed by atoms with Gasteiger partial charge in [0.2, 0.25) is 0 Å². The molecule has 0 bridgehead atoms. The van der Waals surface area contributed by atoms with Crippen LogP contribution in [-0.2, 0) is 0 Å². The molecule has 0 aromatic heterocycles. The molecule has 3 heteroatoms. The van der Waals surface area contributed by atoms with E-state index in [2.05, 4.69) is 31.1 Å². The lowest BCUT2D eigenvalue weighted by Crippen LogP contribution is -2.36. The summed E-state index contributed by atoms with van der Waals surface area (Å²) in [6, 6.07) is 0. The second kappa shape index (κ2) is 9.44. The number of aliphatic hydroxyl groups is 1. The molecule has 0 fully saturated rings. The highest BCUT2D eigenvalue weighted by atomic mass is 16.3. The maximum atomic E-state index is 9.60. The van der Waals surface area contributed by atoms with Crippen LogP contribution in [0.2, 0.25) is 0 Å². The summed E-state index contributed by atoms with van der Waals surface area (Å²) in [6.07, 6.45) is 3.55. The summed E-state index contributed by atoms with van der Waals surface area (Å²) in [5.74, 6) is 0. The first kappa shape index (κ1) is 13.9. The first-order valence-corrected chi connectivity index (χ1v) is 5.78. The van der Waals surface area contributed by atoms with E-state index in [4.69, 9.17) is 0 Å². The van der Waals surface area contributed by atoms with Crippen molar-refractivity contribution in [3.8, 4) is 0 Å². The Kier molecular flexibility index (Phi) is 9.35. The fraction of sp³-hybridized carbons (Fsp3) is 1.00. The topological polar surface area (TPSA) is 35.5 Å². The second-order valence-electron chi connectivity index (χ2n) is 3.93. The Labute approximate surface area is 88.5 Å². The molecule has 0 aliphatic rings. The van der Waals surface area contributed by atoms with Crippen LogP contribution in [-0.4, -0.2) is 49.3 Å². The van der Waals surface area contributed by atoms with E-state index in [1.54, 1.807) is 0 Å². The fourth-order valence-corrected chi connectivity index (χ4v) is 1.46. The third-order valence-corrected chi connectivity index (χ3v) is 2.30. The highest BCUT2D eigenvalue weighted by Crippen LogP contribution is 1.97. The van der Waals surface area contributed by atoms with Gasteiger partial charge in [-0.3, -0.25) is 0 Å². The zero-order chi connectivity index (χ0) is 10.8. The van der Waals surface area contributed by atoms with Crippen LogP contribution in [0.25, 0.3) is 0 Å². The molecule has 0 saturated heterocycles. The fourth-order valence-electron chi connectivity index (χ4n) is 1.46. The number of hydrogen-bond acceptors (Lipinski definition) is 3.